The summed E-state index contributed by atoms with van der Waals surface area (Å²) in [7, 11) is 0. The van der Waals surface area contributed by atoms with Crippen LogP contribution in [-0.4, -0.2) is 44.2 Å². The van der Waals surface area contributed by atoms with Crippen molar-refractivity contribution in [3.05, 3.63) is 62.3 Å². The van der Waals surface area contributed by atoms with Crippen molar-refractivity contribution >= 4 is 40.6 Å². The van der Waals surface area contributed by atoms with E-state index in [-0.39, 0.29) is 16.7 Å². The first-order chi connectivity index (χ1) is 14.6. The zero-order chi connectivity index (χ0) is 22.9. The molecule has 0 unspecified atom stereocenters. The van der Waals surface area contributed by atoms with E-state index in [4.69, 9.17) is 4.74 Å². The van der Waals surface area contributed by atoms with Crippen LogP contribution >= 0.6 is 11.8 Å². The summed E-state index contributed by atoms with van der Waals surface area (Å²) in [5.41, 5.74) is 2.85. The van der Waals surface area contributed by atoms with E-state index in [9.17, 15) is 24.5 Å². The van der Waals surface area contributed by atoms with Crippen LogP contribution in [0.2, 0.25) is 0 Å². The van der Waals surface area contributed by atoms with E-state index in [0.29, 0.717) is 11.3 Å². The highest BCUT2D eigenvalue weighted by Gasteiger charge is 2.37. The van der Waals surface area contributed by atoms with E-state index in [0.717, 1.165) is 28.0 Å². The van der Waals surface area contributed by atoms with Crippen LogP contribution in [0.4, 0.5) is 10.5 Å². The van der Waals surface area contributed by atoms with Gasteiger partial charge in [-0.05, 0) is 63.2 Å². The largest absolute Gasteiger partial charge is 0.462 e. The molecule has 0 spiro atoms. The summed E-state index contributed by atoms with van der Waals surface area (Å²) in [4.78, 5) is 48.4. The van der Waals surface area contributed by atoms with Gasteiger partial charge in [0.05, 0.1) is 21.6 Å². The molecule has 0 radical (unpaired) electrons. The van der Waals surface area contributed by atoms with Gasteiger partial charge in [-0.1, -0.05) is 6.07 Å². The summed E-state index contributed by atoms with van der Waals surface area (Å²) in [6, 6.07) is 8.07. The Morgan fingerprint density at radius 1 is 1.26 bits per heavy atom. The molecule has 0 aliphatic carbocycles. The fraction of sp³-hybridized carbons (Fsp3) is 0.286. The Kier molecular flexibility index (Phi) is 6.30. The third-order valence-electron chi connectivity index (χ3n) is 4.58. The van der Waals surface area contributed by atoms with Gasteiger partial charge in [0, 0.05) is 23.5 Å². The van der Waals surface area contributed by atoms with Gasteiger partial charge in [-0.2, -0.15) is 0 Å². The predicted molar refractivity (Wildman–Crippen MR) is 116 cm³/mol. The second kappa shape index (κ2) is 8.76. The highest BCUT2D eigenvalue weighted by atomic mass is 32.2. The molecular weight excluding hydrogens is 422 g/mol. The fourth-order valence-electron chi connectivity index (χ4n) is 3.28. The van der Waals surface area contributed by atoms with Gasteiger partial charge in [0.15, 0.2) is 0 Å². The number of aryl methyl sites for hydroxylation is 1. The summed E-state index contributed by atoms with van der Waals surface area (Å²) in [5.74, 6) is -1.21. The average Bonchev–Trinajstić information content (AvgIpc) is 3.11. The number of aromatic nitrogens is 1. The van der Waals surface area contributed by atoms with Crippen molar-refractivity contribution in [1.82, 2.24) is 9.47 Å². The maximum atomic E-state index is 12.7. The summed E-state index contributed by atoms with van der Waals surface area (Å²) in [5, 5.41) is 10.6. The Labute approximate surface area is 182 Å². The Hall–Kier alpha value is -3.40. The lowest BCUT2D eigenvalue weighted by Gasteiger charge is -2.13. The van der Waals surface area contributed by atoms with Crippen LogP contribution in [0, 0.1) is 24.0 Å². The summed E-state index contributed by atoms with van der Waals surface area (Å²) in [6.07, 6.45) is 1.25. The molecule has 1 aliphatic rings. The van der Waals surface area contributed by atoms with E-state index in [2.05, 4.69) is 0 Å². The van der Waals surface area contributed by atoms with Crippen molar-refractivity contribution in [2.45, 2.75) is 33.8 Å². The normalized spacial score (nSPS) is 15.3. The zero-order valence-corrected chi connectivity index (χ0v) is 18.3. The Bertz CT molecular complexity index is 1120. The van der Waals surface area contributed by atoms with Crippen molar-refractivity contribution in [3.8, 4) is 5.69 Å². The lowest BCUT2D eigenvalue weighted by Crippen LogP contribution is -2.35. The first kappa shape index (κ1) is 22.3. The number of amides is 2. The Morgan fingerprint density at radius 2 is 1.97 bits per heavy atom. The van der Waals surface area contributed by atoms with Gasteiger partial charge < -0.3 is 9.30 Å². The van der Waals surface area contributed by atoms with Gasteiger partial charge in [-0.3, -0.25) is 29.4 Å². The number of non-ortho nitro benzene ring substituents is 1. The summed E-state index contributed by atoms with van der Waals surface area (Å²) < 4.78 is 6.85. The molecule has 0 atom stereocenters. The molecule has 2 aromatic rings. The highest BCUT2D eigenvalue weighted by molar-refractivity contribution is 8.18. The van der Waals surface area contributed by atoms with Gasteiger partial charge in [-0.25, -0.2) is 0 Å². The number of hydrogen-bond donors (Lipinski definition) is 0. The van der Waals surface area contributed by atoms with E-state index in [1.165, 1.54) is 12.1 Å². The van der Waals surface area contributed by atoms with Crippen molar-refractivity contribution in [3.63, 3.8) is 0 Å². The minimum Gasteiger partial charge on any atom is -0.462 e. The molecule has 1 fully saturated rings. The molecule has 162 valence electrons. The monoisotopic (exact) mass is 443 g/mol. The van der Waals surface area contributed by atoms with Crippen LogP contribution < -0.4 is 0 Å². The predicted octanol–water partition coefficient (Wildman–Crippen LogP) is 3.99. The third-order valence-corrected chi connectivity index (χ3v) is 5.49. The molecule has 3 rings (SSSR count). The maximum absolute atomic E-state index is 12.7. The second-order valence-electron chi connectivity index (χ2n) is 7.25. The first-order valence-corrected chi connectivity index (χ1v) is 10.3. The fourth-order valence-corrected chi connectivity index (χ4v) is 4.11. The maximum Gasteiger partial charge on any atom is 0.326 e. The smallest absolute Gasteiger partial charge is 0.326 e. The molecule has 1 aromatic heterocycles. The molecular formula is C21H21N3O6S. The number of nitro groups is 1. The Morgan fingerprint density at radius 3 is 2.61 bits per heavy atom. The molecule has 10 heteroatoms. The van der Waals surface area contributed by atoms with Gasteiger partial charge in [0.1, 0.15) is 6.54 Å². The number of nitrogens with zero attached hydrogens (tertiary/aromatic N) is 3. The summed E-state index contributed by atoms with van der Waals surface area (Å²) >= 11 is 0.756. The van der Waals surface area contributed by atoms with E-state index in [1.807, 2.05) is 24.5 Å². The molecule has 0 saturated carbocycles. The quantitative estimate of drug-likeness (QED) is 0.287. The van der Waals surface area contributed by atoms with Gasteiger partial charge >= 0.3 is 5.97 Å². The number of imide groups is 1. The number of hydrogen-bond acceptors (Lipinski definition) is 7. The molecule has 0 N–H and O–H groups in total. The van der Waals surface area contributed by atoms with Crippen molar-refractivity contribution in [2.75, 3.05) is 6.54 Å². The number of rotatable bonds is 6. The lowest BCUT2D eigenvalue weighted by atomic mass is 10.2. The summed E-state index contributed by atoms with van der Waals surface area (Å²) in [6.45, 7) is 6.59. The SMILES string of the molecule is Cc1cc(/C=C2/SC(=O)N(CC(=O)OC(C)C)C2=O)c(C)n1-c1cccc([N+](=O)[O-])c1. The van der Waals surface area contributed by atoms with Gasteiger partial charge in [0.2, 0.25) is 0 Å². The molecule has 1 saturated heterocycles. The molecule has 1 aliphatic heterocycles. The first-order valence-electron chi connectivity index (χ1n) is 9.47. The van der Waals surface area contributed by atoms with Crippen LogP contribution in [0.25, 0.3) is 11.8 Å². The van der Waals surface area contributed by atoms with E-state index in [1.54, 1.807) is 32.1 Å². The number of benzene rings is 1. The molecule has 9 nitrogen and oxygen atoms in total. The number of esters is 1. The number of nitro benzene ring substituents is 1. The second-order valence-corrected chi connectivity index (χ2v) is 8.24. The molecule has 2 amide bonds. The number of carbonyl (C=O) groups is 3. The van der Waals surface area contributed by atoms with Crippen molar-refractivity contribution in [1.29, 1.82) is 0 Å². The zero-order valence-electron chi connectivity index (χ0n) is 17.4. The standard InChI is InChI=1S/C21H21N3O6S/c1-12(2)30-19(25)11-22-20(26)18(31-21(22)27)9-15-8-13(3)23(14(15)4)16-6-5-7-17(10-16)24(28)29/h5-10,12H,11H2,1-4H3/b18-9+. The van der Waals surface area contributed by atoms with Crippen molar-refractivity contribution < 1.29 is 24.0 Å². The van der Waals surface area contributed by atoms with Crippen molar-refractivity contribution in [2.24, 2.45) is 0 Å². The lowest BCUT2D eigenvalue weighted by molar-refractivity contribution is -0.384. The molecule has 2 heterocycles. The molecule has 0 bridgehead atoms. The van der Waals surface area contributed by atoms with Crippen LogP contribution in [0.1, 0.15) is 30.8 Å². The number of thioether (sulfide) groups is 1. The molecule has 31 heavy (non-hydrogen) atoms. The number of ether oxygens (including phenoxy) is 1. The Balaban J connectivity index is 1.90. The van der Waals surface area contributed by atoms with Crippen LogP contribution in [-0.2, 0) is 14.3 Å². The van der Waals surface area contributed by atoms with Gasteiger partial charge in [-0.15, -0.1) is 0 Å². The van der Waals surface area contributed by atoms with Gasteiger partial charge in [0.25, 0.3) is 16.8 Å². The minimum atomic E-state index is -0.651. The highest BCUT2D eigenvalue weighted by Crippen LogP contribution is 2.34. The average molecular weight is 443 g/mol. The minimum absolute atomic E-state index is 0.0269. The molecule has 1 aromatic carbocycles. The van der Waals surface area contributed by atoms with Crippen LogP contribution in [0.3, 0.4) is 0 Å². The van der Waals surface area contributed by atoms with E-state index < -0.39 is 28.6 Å². The van der Waals surface area contributed by atoms with E-state index >= 15 is 0 Å². The topological polar surface area (TPSA) is 112 Å². The van der Waals surface area contributed by atoms with Crippen LogP contribution in [0.15, 0.2) is 35.2 Å². The number of carbonyl (C=O) groups excluding carboxylic acids is 3. The third kappa shape index (κ3) is 4.69. The van der Waals surface area contributed by atoms with Crippen LogP contribution in [0.5, 0.6) is 0 Å².